The number of amides is 1. The molecule has 4 rings (SSSR count). The molecule has 0 bridgehead atoms. The van der Waals surface area contributed by atoms with Gasteiger partial charge >= 0.3 is 6.09 Å². The van der Waals surface area contributed by atoms with Crippen molar-refractivity contribution >= 4 is 17.7 Å². The van der Waals surface area contributed by atoms with Crippen LogP contribution in [0.3, 0.4) is 0 Å². The molecule has 2 aromatic rings. The molecule has 2 N–H and O–H groups in total. The van der Waals surface area contributed by atoms with Crippen molar-refractivity contribution in [1.29, 1.82) is 0 Å². The van der Waals surface area contributed by atoms with Crippen LogP contribution in [0, 0.1) is 6.92 Å². The van der Waals surface area contributed by atoms with E-state index in [1.54, 1.807) is 35.9 Å². The van der Waals surface area contributed by atoms with Gasteiger partial charge in [-0.25, -0.2) is 4.79 Å². The third-order valence-electron chi connectivity index (χ3n) is 5.63. The molecule has 8 heteroatoms. The molecule has 0 radical (unpaired) electrons. The number of ketones is 2. The Morgan fingerprint density at radius 2 is 1.87 bits per heavy atom. The molecule has 2 heterocycles. The lowest BCUT2D eigenvalue weighted by Gasteiger charge is -2.16. The molecule has 1 aromatic carbocycles. The minimum Gasteiger partial charge on any atom is -0.489 e. The second-order valence-corrected chi connectivity index (χ2v) is 7.61. The Morgan fingerprint density at radius 1 is 1.20 bits per heavy atom. The van der Waals surface area contributed by atoms with Crippen LogP contribution in [0.25, 0.3) is 0 Å². The summed E-state index contributed by atoms with van der Waals surface area (Å²) in [4.78, 5) is 38.5. The average Bonchev–Trinajstić information content (AvgIpc) is 3.38. The quantitative estimate of drug-likeness (QED) is 0.735. The topological polar surface area (TPSA) is 104 Å². The third-order valence-corrected chi connectivity index (χ3v) is 5.63. The average molecular weight is 409 g/mol. The van der Waals surface area contributed by atoms with Crippen LogP contribution in [0.5, 0.6) is 5.75 Å². The molecule has 1 saturated heterocycles. The summed E-state index contributed by atoms with van der Waals surface area (Å²) in [6.07, 6.45) is 0.620. The molecule has 1 aromatic heterocycles. The number of nitrogens with zero attached hydrogens (tertiary/aromatic N) is 2. The van der Waals surface area contributed by atoms with E-state index in [1.807, 2.05) is 18.7 Å². The fraction of sp³-hybridized carbons (Fsp3) is 0.318. The summed E-state index contributed by atoms with van der Waals surface area (Å²) in [5.41, 5.74) is 8.59. The zero-order chi connectivity index (χ0) is 21.6. The van der Waals surface area contributed by atoms with Gasteiger partial charge < -0.3 is 24.7 Å². The summed E-state index contributed by atoms with van der Waals surface area (Å²) < 4.78 is 12.4. The van der Waals surface area contributed by atoms with Crippen molar-refractivity contribution in [2.75, 3.05) is 6.54 Å². The van der Waals surface area contributed by atoms with Crippen molar-refractivity contribution in [2.45, 2.75) is 33.1 Å². The summed E-state index contributed by atoms with van der Waals surface area (Å²) in [6, 6.07) is 7.31. The highest BCUT2D eigenvalue weighted by Crippen LogP contribution is 2.35. The van der Waals surface area contributed by atoms with E-state index in [1.165, 1.54) is 6.08 Å². The predicted molar refractivity (Wildman–Crippen MR) is 108 cm³/mol. The number of allylic oxidation sites excluding steroid dienone is 2. The molecule has 0 spiro atoms. The standard InChI is InChI=1S/C22H23N3O5/c1-12-9-25(12)17-8-18(26)20-19(21(17)27)16(13(2)24(20)3)11-29-15-6-4-14(5-7-15)10-30-22(23)28/h4-8,12H,9-11H2,1-3H3,(H2,23,28). The predicted octanol–water partition coefficient (Wildman–Crippen LogP) is 2.47. The Labute approximate surface area is 173 Å². The molecular formula is C22H23N3O5. The van der Waals surface area contributed by atoms with Crippen LogP contribution in [0.2, 0.25) is 0 Å². The molecule has 8 nitrogen and oxygen atoms in total. The number of fused-ring (bicyclic) bond motifs is 1. The molecule has 156 valence electrons. The summed E-state index contributed by atoms with van der Waals surface area (Å²) in [5, 5.41) is 0. The Morgan fingerprint density at radius 3 is 2.47 bits per heavy atom. The smallest absolute Gasteiger partial charge is 0.404 e. The lowest BCUT2D eigenvalue weighted by molar-refractivity contribution is 0.0963. The Balaban J connectivity index is 1.55. The van der Waals surface area contributed by atoms with E-state index in [0.717, 1.165) is 17.8 Å². The number of benzene rings is 1. The number of carbonyl (C=O) groups excluding carboxylic acids is 3. The molecule has 1 unspecified atom stereocenters. The van der Waals surface area contributed by atoms with Crippen molar-refractivity contribution in [3.05, 3.63) is 64.1 Å². The summed E-state index contributed by atoms with van der Waals surface area (Å²) in [6.45, 7) is 4.92. The number of primary amides is 1. The maximum Gasteiger partial charge on any atom is 0.404 e. The maximum absolute atomic E-state index is 13.2. The van der Waals surface area contributed by atoms with Gasteiger partial charge in [0, 0.05) is 37.0 Å². The van der Waals surface area contributed by atoms with E-state index >= 15 is 0 Å². The molecule has 2 aliphatic rings. The van der Waals surface area contributed by atoms with E-state index in [0.29, 0.717) is 28.3 Å². The van der Waals surface area contributed by atoms with Gasteiger partial charge in [-0.15, -0.1) is 0 Å². The van der Waals surface area contributed by atoms with Gasteiger partial charge in [0.2, 0.25) is 11.6 Å². The van der Waals surface area contributed by atoms with Crippen LogP contribution < -0.4 is 10.5 Å². The van der Waals surface area contributed by atoms with Crippen molar-refractivity contribution in [3.63, 3.8) is 0 Å². The zero-order valence-corrected chi connectivity index (χ0v) is 17.1. The number of ether oxygens (including phenoxy) is 2. The highest BCUT2D eigenvalue weighted by molar-refractivity contribution is 6.24. The molecule has 0 saturated carbocycles. The van der Waals surface area contributed by atoms with Crippen molar-refractivity contribution < 1.29 is 23.9 Å². The van der Waals surface area contributed by atoms with Gasteiger partial charge in [-0.1, -0.05) is 12.1 Å². The van der Waals surface area contributed by atoms with Crippen LogP contribution in [0.15, 0.2) is 36.0 Å². The monoisotopic (exact) mass is 409 g/mol. The van der Waals surface area contributed by atoms with E-state index in [2.05, 4.69) is 0 Å². The number of hydrogen-bond donors (Lipinski definition) is 1. The van der Waals surface area contributed by atoms with Crippen LogP contribution >= 0.6 is 0 Å². The summed E-state index contributed by atoms with van der Waals surface area (Å²) in [7, 11) is 1.79. The number of nitrogens with two attached hydrogens (primary N) is 1. The van der Waals surface area contributed by atoms with Gasteiger partial charge in [0.15, 0.2) is 0 Å². The third kappa shape index (κ3) is 3.45. The molecule has 1 amide bonds. The van der Waals surface area contributed by atoms with Crippen LogP contribution in [-0.4, -0.2) is 39.7 Å². The van der Waals surface area contributed by atoms with Crippen LogP contribution in [0.4, 0.5) is 4.79 Å². The minimum atomic E-state index is -0.829. The summed E-state index contributed by atoms with van der Waals surface area (Å²) in [5.74, 6) is 0.310. The van der Waals surface area contributed by atoms with Gasteiger partial charge in [-0.3, -0.25) is 9.59 Å². The van der Waals surface area contributed by atoms with Crippen LogP contribution in [0.1, 0.15) is 44.6 Å². The molecule has 1 aliphatic carbocycles. The van der Waals surface area contributed by atoms with Crippen molar-refractivity contribution in [2.24, 2.45) is 12.8 Å². The molecular weight excluding hydrogens is 386 g/mol. The highest BCUT2D eigenvalue weighted by atomic mass is 16.5. The second-order valence-electron chi connectivity index (χ2n) is 7.61. The number of Topliss-reactive ketones (excluding diaryl/α,β-unsaturated/α-hetero) is 1. The maximum atomic E-state index is 13.2. The molecule has 1 aliphatic heterocycles. The lowest BCUT2D eigenvalue weighted by atomic mass is 9.95. The first-order chi connectivity index (χ1) is 14.3. The first-order valence-corrected chi connectivity index (χ1v) is 9.67. The fourth-order valence-electron chi connectivity index (χ4n) is 3.74. The number of rotatable bonds is 6. The first kappa shape index (κ1) is 19.8. The summed E-state index contributed by atoms with van der Waals surface area (Å²) >= 11 is 0. The Bertz CT molecular complexity index is 1080. The molecule has 1 atom stereocenters. The van der Waals surface area contributed by atoms with Crippen molar-refractivity contribution in [3.8, 4) is 5.75 Å². The zero-order valence-electron chi connectivity index (χ0n) is 17.1. The molecule has 1 fully saturated rings. The number of carbonyl (C=O) groups is 3. The van der Waals surface area contributed by atoms with E-state index < -0.39 is 6.09 Å². The van der Waals surface area contributed by atoms with Gasteiger partial charge in [0.05, 0.1) is 11.3 Å². The second kappa shape index (κ2) is 7.37. The van der Waals surface area contributed by atoms with Crippen LogP contribution in [-0.2, 0) is 25.0 Å². The van der Waals surface area contributed by atoms with Crippen molar-refractivity contribution in [1.82, 2.24) is 9.47 Å². The molecule has 30 heavy (non-hydrogen) atoms. The van der Waals surface area contributed by atoms with Gasteiger partial charge in [0.25, 0.3) is 0 Å². The Hall–Kier alpha value is -3.55. The van der Waals surface area contributed by atoms with E-state index in [-0.39, 0.29) is 30.8 Å². The fourth-order valence-corrected chi connectivity index (χ4v) is 3.74. The van der Waals surface area contributed by atoms with Gasteiger partial charge in [-0.05, 0) is 31.5 Å². The van der Waals surface area contributed by atoms with Gasteiger partial charge in [-0.2, -0.15) is 0 Å². The highest BCUT2D eigenvalue weighted by Gasteiger charge is 2.41. The number of aromatic nitrogens is 1. The number of hydrogen-bond acceptors (Lipinski definition) is 6. The van der Waals surface area contributed by atoms with Gasteiger partial charge in [0.1, 0.15) is 24.7 Å². The largest absolute Gasteiger partial charge is 0.489 e. The van der Waals surface area contributed by atoms with E-state index in [4.69, 9.17) is 15.2 Å². The minimum absolute atomic E-state index is 0.0849. The Kier molecular flexibility index (Phi) is 4.85. The first-order valence-electron chi connectivity index (χ1n) is 9.67. The normalized spacial score (nSPS) is 17.5. The SMILES string of the molecule is Cc1c(COc2ccc(COC(N)=O)cc2)c2c(n1C)C(=O)C=C(N1CC1C)C2=O. The lowest BCUT2D eigenvalue weighted by Crippen LogP contribution is -2.23. The van der Waals surface area contributed by atoms with E-state index in [9.17, 15) is 14.4 Å².